The quantitative estimate of drug-likeness (QED) is 0.300. The molecule has 0 fully saturated rings. The predicted octanol–water partition coefficient (Wildman–Crippen LogP) is 1.90. The van der Waals surface area contributed by atoms with Gasteiger partial charge in [0.15, 0.2) is 20.4 Å². The summed E-state index contributed by atoms with van der Waals surface area (Å²) < 4.78 is 28.9. The van der Waals surface area contributed by atoms with E-state index in [1.807, 2.05) is 0 Å². The van der Waals surface area contributed by atoms with Gasteiger partial charge in [0.2, 0.25) is 0 Å². The van der Waals surface area contributed by atoms with Gasteiger partial charge in [-0.2, -0.15) is 0 Å². The number of alkyl halides is 2. The summed E-state index contributed by atoms with van der Waals surface area (Å²) in [4.78, 5) is 21.9. The number of sulfone groups is 1. The van der Waals surface area contributed by atoms with Crippen molar-refractivity contribution in [3.63, 3.8) is 0 Å². The molecule has 1 amide bonds. The van der Waals surface area contributed by atoms with E-state index >= 15 is 0 Å². The molecule has 2 N–H and O–H groups in total. The van der Waals surface area contributed by atoms with Gasteiger partial charge in [0.05, 0.1) is 5.69 Å². The van der Waals surface area contributed by atoms with E-state index in [0.717, 1.165) is 6.26 Å². The van der Waals surface area contributed by atoms with E-state index in [2.05, 4.69) is 5.32 Å². The van der Waals surface area contributed by atoms with Crippen LogP contribution in [0, 0.1) is 0 Å². The highest BCUT2D eigenvalue weighted by Crippen LogP contribution is 2.33. The molecule has 1 aromatic carbocycles. The highest BCUT2D eigenvalue weighted by molar-refractivity contribution is 7.90. The molecule has 0 radical (unpaired) electrons. The average molecular weight is 398 g/mol. The Morgan fingerprint density at radius 3 is 2.50 bits per heavy atom. The van der Waals surface area contributed by atoms with Gasteiger partial charge in [-0.3, -0.25) is 9.59 Å². The minimum atomic E-state index is -3.72. The van der Waals surface area contributed by atoms with Gasteiger partial charge in [0.1, 0.15) is 4.90 Å². The molecule has 0 atom stereocenters. The zero-order chi connectivity index (χ0) is 18.3. The Morgan fingerprint density at radius 1 is 1.29 bits per heavy atom. The molecule has 0 saturated heterocycles. The number of carbonyl (C=O) groups excluding carboxylic acids is 2. The molecule has 0 bridgehead atoms. The van der Waals surface area contributed by atoms with Crippen molar-refractivity contribution in [3.05, 3.63) is 18.2 Å². The number of aliphatic hydroxyl groups excluding tert-OH is 1. The minimum absolute atomic E-state index is 0.0142. The SMILES string of the molecule is CS(=O)(=O)c1cccc(NC(=O)C(Cl)Cl)c1OC(=O)CCCCO. The van der Waals surface area contributed by atoms with Gasteiger partial charge in [-0.15, -0.1) is 0 Å². The smallest absolute Gasteiger partial charge is 0.311 e. The third-order valence-corrected chi connectivity index (χ3v) is 4.36. The van der Waals surface area contributed by atoms with Gasteiger partial charge in [-0.05, 0) is 25.0 Å². The Labute approximate surface area is 149 Å². The number of nitrogens with one attached hydrogen (secondary N) is 1. The topological polar surface area (TPSA) is 110 Å². The maximum absolute atomic E-state index is 11.9. The Kier molecular flexibility index (Phi) is 7.95. The van der Waals surface area contributed by atoms with Gasteiger partial charge >= 0.3 is 5.97 Å². The number of ether oxygens (including phenoxy) is 1. The van der Waals surface area contributed by atoms with Crippen LogP contribution < -0.4 is 10.1 Å². The maximum atomic E-state index is 11.9. The number of amides is 1. The second kappa shape index (κ2) is 9.22. The van der Waals surface area contributed by atoms with Crippen LogP contribution in [0.1, 0.15) is 19.3 Å². The summed E-state index contributed by atoms with van der Waals surface area (Å²) in [5.41, 5.74) is -0.0373. The van der Waals surface area contributed by atoms with Crippen molar-refractivity contribution in [1.29, 1.82) is 0 Å². The lowest BCUT2D eigenvalue weighted by molar-refractivity contribution is -0.134. The van der Waals surface area contributed by atoms with E-state index in [4.69, 9.17) is 33.0 Å². The van der Waals surface area contributed by atoms with Crippen LogP contribution in [-0.2, 0) is 19.4 Å². The lowest BCUT2D eigenvalue weighted by Crippen LogP contribution is -2.20. The molecule has 0 aliphatic carbocycles. The summed E-state index contributed by atoms with van der Waals surface area (Å²) in [7, 11) is -3.72. The number of benzene rings is 1. The molecule has 24 heavy (non-hydrogen) atoms. The Hall–Kier alpha value is -1.35. The van der Waals surface area contributed by atoms with Gasteiger partial charge in [-0.1, -0.05) is 29.3 Å². The zero-order valence-electron chi connectivity index (χ0n) is 12.8. The lowest BCUT2D eigenvalue weighted by Gasteiger charge is -2.15. The van der Waals surface area contributed by atoms with Crippen LogP contribution in [0.3, 0.4) is 0 Å². The van der Waals surface area contributed by atoms with Crippen LogP contribution in [0.2, 0.25) is 0 Å². The first-order valence-corrected chi connectivity index (χ1v) is 9.67. The van der Waals surface area contributed by atoms with Crippen LogP contribution in [0.25, 0.3) is 0 Å². The number of halogens is 2. The van der Waals surface area contributed by atoms with E-state index in [-0.39, 0.29) is 29.4 Å². The molecule has 0 saturated carbocycles. The number of unbranched alkanes of at least 4 members (excludes halogenated alkanes) is 1. The van der Waals surface area contributed by atoms with Crippen molar-refractivity contribution in [1.82, 2.24) is 0 Å². The second-order valence-corrected chi connectivity index (χ2v) is 7.93. The number of hydrogen-bond acceptors (Lipinski definition) is 6. The minimum Gasteiger partial charge on any atom is -0.423 e. The zero-order valence-corrected chi connectivity index (χ0v) is 15.1. The fourth-order valence-corrected chi connectivity index (χ4v) is 2.67. The Bertz CT molecular complexity index is 705. The van der Waals surface area contributed by atoms with E-state index in [1.165, 1.54) is 18.2 Å². The number of anilines is 1. The lowest BCUT2D eigenvalue weighted by atomic mass is 10.2. The number of esters is 1. The molecule has 134 valence electrons. The number of aliphatic hydroxyl groups is 1. The third kappa shape index (κ3) is 6.27. The molecule has 0 aromatic heterocycles. The van der Waals surface area contributed by atoms with Crippen molar-refractivity contribution in [2.24, 2.45) is 0 Å². The average Bonchev–Trinajstić information content (AvgIpc) is 2.47. The third-order valence-electron chi connectivity index (χ3n) is 2.84. The van der Waals surface area contributed by atoms with Gasteiger partial charge in [-0.25, -0.2) is 8.42 Å². The predicted molar refractivity (Wildman–Crippen MR) is 90.2 cm³/mol. The standard InChI is InChI=1S/C14H17Cl2NO6S/c1-24(21,22)10-6-4-5-9(17-14(20)13(15)16)12(10)23-11(19)7-2-3-8-18/h4-6,13,18H,2-3,7-8H2,1H3,(H,17,20). The molecule has 1 rings (SSSR count). The summed E-state index contributed by atoms with van der Waals surface area (Å²) in [5, 5.41) is 11.0. The highest BCUT2D eigenvalue weighted by Gasteiger charge is 2.23. The van der Waals surface area contributed by atoms with Crippen molar-refractivity contribution in [3.8, 4) is 5.75 Å². The molecule has 0 aliphatic rings. The van der Waals surface area contributed by atoms with E-state index in [1.54, 1.807) is 0 Å². The molecule has 0 spiro atoms. The molecule has 7 nitrogen and oxygen atoms in total. The summed E-state index contributed by atoms with van der Waals surface area (Å²) >= 11 is 10.9. The molecule has 0 unspecified atom stereocenters. The van der Waals surface area contributed by atoms with Crippen LogP contribution in [-0.4, -0.2) is 43.1 Å². The summed E-state index contributed by atoms with van der Waals surface area (Å²) in [6.07, 6.45) is 1.72. The molecule has 0 heterocycles. The van der Waals surface area contributed by atoms with Crippen molar-refractivity contribution < 1.29 is 27.9 Å². The number of para-hydroxylation sites is 1. The molecule has 10 heteroatoms. The number of hydrogen-bond donors (Lipinski definition) is 2. The van der Waals surface area contributed by atoms with Crippen molar-refractivity contribution in [2.45, 2.75) is 29.0 Å². The van der Waals surface area contributed by atoms with Gasteiger partial charge < -0.3 is 15.2 Å². The summed E-state index contributed by atoms with van der Waals surface area (Å²) in [6, 6.07) is 3.99. The van der Waals surface area contributed by atoms with Crippen molar-refractivity contribution >= 4 is 50.6 Å². The normalized spacial score (nSPS) is 11.4. The van der Waals surface area contributed by atoms with E-state index < -0.39 is 26.6 Å². The van der Waals surface area contributed by atoms with Crippen LogP contribution in [0.5, 0.6) is 5.75 Å². The number of rotatable bonds is 8. The van der Waals surface area contributed by atoms with Gasteiger partial charge in [0, 0.05) is 19.3 Å². The molecule has 0 aliphatic heterocycles. The first-order chi connectivity index (χ1) is 11.2. The van der Waals surface area contributed by atoms with Crippen LogP contribution in [0.4, 0.5) is 5.69 Å². The maximum Gasteiger partial charge on any atom is 0.311 e. The second-order valence-electron chi connectivity index (χ2n) is 4.85. The Morgan fingerprint density at radius 2 is 1.96 bits per heavy atom. The Balaban J connectivity index is 3.16. The molecular weight excluding hydrogens is 381 g/mol. The molecular formula is C14H17Cl2NO6S. The largest absolute Gasteiger partial charge is 0.423 e. The highest BCUT2D eigenvalue weighted by atomic mass is 35.5. The number of carbonyl (C=O) groups is 2. The monoisotopic (exact) mass is 397 g/mol. The van der Waals surface area contributed by atoms with Crippen LogP contribution >= 0.6 is 23.2 Å². The first-order valence-electron chi connectivity index (χ1n) is 6.90. The van der Waals surface area contributed by atoms with Gasteiger partial charge in [0.25, 0.3) is 5.91 Å². The van der Waals surface area contributed by atoms with E-state index in [0.29, 0.717) is 12.8 Å². The summed E-state index contributed by atoms with van der Waals surface area (Å²) in [5.74, 6) is -1.78. The summed E-state index contributed by atoms with van der Waals surface area (Å²) in [6.45, 7) is -0.0681. The van der Waals surface area contributed by atoms with E-state index in [9.17, 15) is 18.0 Å². The fourth-order valence-electron chi connectivity index (χ4n) is 1.74. The van der Waals surface area contributed by atoms with Crippen molar-refractivity contribution in [2.75, 3.05) is 18.2 Å². The first kappa shape index (κ1) is 20.7. The van der Waals surface area contributed by atoms with Crippen LogP contribution in [0.15, 0.2) is 23.1 Å². The fraction of sp³-hybridized carbons (Fsp3) is 0.429. The molecule has 1 aromatic rings.